The van der Waals surface area contributed by atoms with Crippen LogP contribution in [0.4, 0.5) is 0 Å². The number of hydrogen-bond donors (Lipinski definition) is 1. The van der Waals surface area contributed by atoms with E-state index < -0.39 is 0 Å². The van der Waals surface area contributed by atoms with E-state index in [2.05, 4.69) is 9.55 Å². The van der Waals surface area contributed by atoms with Gasteiger partial charge < -0.3 is 9.67 Å². The van der Waals surface area contributed by atoms with Crippen LogP contribution in [0.2, 0.25) is 0 Å². The van der Waals surface area contributed by atoms with E-state index >= 15 is 0 Å². The Hall–Kier alpha value is -1.77. The summed E-state index contributed by atoms with van der Waals surface area (Å²) in [5.41, 5.74) is 3.64. The molecule has 1 aliphatic rings. The molecule has 1 aliphatic carbocycles. The topological polar surface area (TPSA) is 38.0 Å². The molecule has 0 saturated heterocycles. The van der Waals surface area contributed by atoms with Crippen LogP contribution in [0.3, 0.4) is 0 Å². The van der Waals surface area contributed by atoms with Gasteiger partial charge in [-0.25, -0.2) is 4.98 Å². The van der Waals surface area contributed by atoms with Gasteiger partial charge in [0.25, 0.3) is 0 Å². The van der Waals surface area contributed by atoms with Crippen molar-refractivity contribution in [3.05, 3.63) is 42.0 Å². The standard InChI is InChI=1S/C13H14N2O/c16-11-7-5-10(6-8-11)15-9-14-12-3-1-2-4-13(12)15/h5-9,16H,1-4H2. The monoisotopic (exact) mass is 214 g/mol. The van der Waals surface area contributed by atoms with Crippen LogP contribution in [0, 0.1) is 0 Å². The zero-order chi connectivity index (χ0) is 11.0. The number of fused-ring (bicyclic) bond motifs is 1. The van der Waals surface area contributed by atoms with Crippen LogP contribution in [-0.2, 0) is 12.8 Å². The van der Waals surface area contributed by atoms with Gasteiger partial charge in [-0.2, -0.15) is 0 Å². The van der Waals surface area contributed by atoms with Crippen LogP contribution in [0.1, 0.15) is 24.2 Å². The number of phenols is 1. The first kappa shape index (κ1) is 9.46. The number of rotatable bonds is 1. The van der Waals surface area contributed by atoms with Gasteiger partial charge in [0.05, 0.1) is 12.0 Å². The first-order chi connectivity index (χ1) is 7.84. The van der Waals surface area contributed by atoms with Crippen molar-refractivity contribution in [1.82, 2.24) is 9.55 Å². The van der Waals surface area contributed by atoms with Crippen molar-refractivity contribution in [2.24, 2.45) is 0 Å². The number of imidazole rings is 1. The Kier molecular flexibility index (Phi) is 2.17. The SMILES string of the molecule is Oc1ccc(-n2cnc3c2CCCC3)cc1. The van der Waals surface area contributed by atoms with E-state index in [0.29, 0.717) is 5.75 Å². The van der Waals surface area contributed by atoms with Gasteiger partial charge in [-0.3, -0.25) is 0 Å². The maximum absolute atomic E-state index is 9.27. The fraction of sp³-hybridized carbons (Fsp3) is 0.308. The maximum atomic E-state index is 9.27. The minimum atomic E-state index is 0.303. The van der Waals surface area contributed by atoms with Gasteiger partial charge in [-0.05, 0) is 49.9 Å². The number of aryl methyl sites for hydroxylation is 1. The van der Waals surface area contributed by atoms with E-state index in [0.717, 1.165) is 18.5 Å². The van der Waals surface area contributed by atoms with Gasteiger partial charge in [-0.15, -0.1) is 0 Å². The molecule has 0 fully saturated rings. The first-order valence-electron chi connectivity index (χ1n) is 5.69. The Morgan fingerprint density at radius 1 is 1.06 bits per heavy atom. The van der Waals surface area contributed by atoms with Crippen molar-refractivity contribution in [3.63, 3.8) is 0 Å². The Labute approximate surface area is 94.4 Å². The molecular weight excluding hydrogens is 200 g/mol. The molecule has 1 aromatic heterocycles. The lowest BCUT2D eigenvalue weighted by Crippen LogP contribution is -2.06. The molecule has 3 nitrogen and oxygen atoms in total. The van der Waals surface area contributed by atoms with Crippen molar-refractivity contribution < 1.29 is 5.11 Å². The van der Waals surface area contributed by atoms with E-state index in [1.54, 1.807) is 12.1 Å². The number of aromatic nitrogens is 2. The van der Waals surface area contributed by atoms with E-state index in [4.69, 9.17) is 0 Å². The Balaban J connectivity index is 2.06. The molecule has 3 heteroatoms. The second-order valence-electron chi connectivity index (χ2n) is 4.23. The third-order valence-corrected chi connectivity index (χ3v) is 3.16. The third kappa shape index (κ3) is 1.48. The molecule has 3 rings (SSSR count). The minimum absolute atomic E-state index is 0.303. The molecule has 0 unspecified atom stereocenters. The average molecular weight is 214 g/mol. The molecule has 2 aromatic rings. The maximum Gasteiger partial charge on any atom is 0.115 e. The van der Waals surface area contributed by atoms with E-state index in [9.17, 15) is 5.11 Å². The van der Waals surface area contributed by atoms with Crippen LogP contribution in [-0.4, -0.2) is 14.7 Å². The molecule has 0 bridgehead atoms. The predicted molar refractivity (Wildman–Crippen MR) is 61.9 cm³/mol. The second kappa shape index (κ2) is 3.67. The van der Waals surface area contributed by atoms with E-state index in [1.165, 1.54) is 24.2 Å². The largest absolute Gasteiger partial charge is 0.508 e. The molecule has 0 spiro atoms. The van der Waals surface area contributed by atoms with Gasteiger partial charge in [0.1, 0.15) is 5.75 Å². The summed E-state index contributed by atoms with van der Waals surface area (Å²) in [5, 5.41) is 9.27. The molecule has 1 N–H and O–H groups in total. The molecular formula is C13H14N2O. The highest BCUT2D eigenvalue weighted by molar-refractivity contribution is 5.39. The van der Waals surface area contributed by atoms with Crippen molar-refractivity contribution in [1.29, 1.82) is 0 Å². The summed E-state index contributed by atoms with van der Waals surface area (Å²) >= 11 is 0. The summed E-state index contributed by atoms with van der Waals surface area (Å²) in [6, 6.07) is 7.27. The lowest BCUT2D eigenvalue weighted by Gasteiger charge is -2.13. The van der Waals surface area contributed by atoms with Crippen LogP contribution < -0.4 is 0 Å². The van der Waals surface area contributed by atoms with Crippen LogP contribution >= 0.6 is 0 Å². The van der Waals surface area contributed by atoms with Crippen molar-refractivity contribution in [3.8, 4) is 11.4 Å². The molecule has 16 heavy (non-hydrogen) atoms. The molecule has 0 amide bonds. The lowest BCUT2D eigenvalue weighted by molar-refractivity contribution is 0.475. The number of phenolic OH excluding ortho intramolecular Hbond substituents is 1. The third-order valence-electron chi connectivity index (χ3n) is 3.16. The summed E-state index contributed by atoms with van der Waals surface area (Å²) in [6.45, 7) is 0. The van der Waals surface area contributed by atoms with E-state index in [-0.39, 0.29) is 0 Å². The van der Waals surface area contributed by atoms with E-state index in [1.807, 2.05) is 18.5 Å². The smallest absolute Gasteiger partial charge is 0.115 e. The first-order valence-corrected chi connectivity index (χ1v) is 5.69. The highest BCUT2D eigenvalue weighted by Gasteiger charge is 2.15. The summed E-state index contributed by atoms with van der Waals surface area (Å²) < 4.78 is 2.13. The summed E-state index contributed by atoms with van der Waals surface area (Å²) in [5.74, 6) is 0.303. The van der Waals surface area contributed by atoms with Crippen LogP contribution in [0.25, 0.3) is 5.69 Å². The number of aromatic hydroxyl groups is 1. The fourth-order valence-corrected chi connectivity index (χ4v) is 2.30. The van der Waals surface area contributed by atoms with Gasteiger partial charge in [0.15, 0.2) is 0 Å². The molecule has 1 heterocycles. The van der Waals surface area contributed by atoms with Gasteiger partial charge in [-0.1, -0.05) is 0 Å². The molecule has 0 saturated carbocycles. The van der Waals surface area contributed by atoms with Crippen molar-refractivity contribution in [2.75, 3.05) is 0 Å². The zero-order valence-corrected chi connectivity index (χ0v) is 9.06. The molecule has 0 atom stereocenters. The normalized spacial score (nSPS) is 14.8. The molecule has 0 radical (unpaired) electrons. The van der Waals surface area contributed by atoms with Gasteiger partial charge >= 0.3 is 0 Å². The van der Waals surface area contributed by atoms with Gasteiger partial charge in [0, 0.05) is 11.4 Å². The summed E-state index contributed by atoms with van der Waals surface area (Å²) in [4.78, 5) is 4.46. The molecule has 1 aromatic carbocycles. The average Bonchev–Trinajstić information content (AvgIpc) is 2.74. The summed E-state index contributed by atoms with van der Waals surface area (Å²) in [6.07, 6.45) is 6.59. The second-order valence-corrected chi connectivity index (χ2v) is 4.23. The minimum Gasteiger partial charge on any atom is -0.508 e. The number of hydrogen-bond acceptors (Lipinski definition) is 2. The fourth-order valence-electron chi connectivity index (χ4n) is 2.30. The van der Waals surface area contributed by atoms with Crippen molar-refractivity contribution >= 4 is 0 Å². The molecule has 82 valence electrons. The lowest BCUT2D eigenvalue weighted by atomic mass is 10.0. The zero-order valence-electron chi connectivity index (χ0n) is 9.06. The highest BCUT2D eigenvalue weighted by atomic mass is 16.3. The highest BCUT2D eigenvalue weighted by Crippen LogP contribution is 2.23. The summed E-state index contributed by atoms with van der Waals surface area (Å²) in [7, 11) is 0. The van der Waals surface area contributed by atoms with Crippen LogP contribution in [0.15, 0.2) is 30.6 Å². The Bertz CT molecular complexity index is 499. The Morgan fingerprint density at radius 2 is 1.81 bits per heavy atom. The Morgan fingerprint density at radius 3 is 2.62 bits per heavy atom. The van der Waals surface area contributed by atoms with Gasteiger partial charge in [0.2, 0.25) is 0 Å². The molecule has 0 aliphatic heterocycles. The number of nitrogens with zero attached hydrogens (tertiary/aromatic N) is 2. The van der Waals surface area contributed by atoms with Crippen molar-refractivity contribution in [2.45, 2.75) is 25.7 Å². The predicted octanol–water partition coefficient (Wildman–Crippen LogP) is 2.46. The number of benzene rings is 1. The van der Waals surface area contributed by atoms with Crippen LogP contribution in [0.5, 0.6) is 5.75 Å². The quantitative estimate of drug-likeness (QED) is 0.791.